The highest BCUT2D eigenvalue weighted by atomic mass is 19.1. The molecule has 14 rings (SSSR count). The lowest BCUT2D eigenvalue weighted by atomic mass is 10.0. The Morgan fingerprint density at radius 1 is 0.324 bits per heavy atom. The molecule has 0 aliphatic heterocycles. The van der Waals surface area contributed by atoms with Gasteiger partial charge < -0.3 is 23.2 Å². The molecule has 0 saturated carbocycles. The van der Waals surface area contributed by atoms with Crippen molar-refractivity contribution >= 4 is 111 Å². The lowest BCUT2D eigenvalue weighted by molar-refractivity contribution is 0.628. The summed E-state index contributed by atoms with van der Waals surface area (Å²) in [5.74, 6) is -0.715. The Labute approximate surface area is 405 Å². The SMILES string of the molecule is Fc1ccccc1N(c1ccc2cc3c4ccc(N(c5ccccc5F)c5cccc6c5oc5ccccc56)cc4n(-c4ccc(-c5ccccc5)cc4)c3cc2c1)c1cccc2c1oc1ccccc12. The molecule has 0 aliphatic carbocycles. The van der Waals surface area contributed by atoms with Gasteiger partial charge in [-0.05, 0) is 119 Å². The van der Waals surface area contributed by atoms with E-state index in [1.54, 1.807) is 18.2 Å². The number of nitrogens with zero attached hydrogens (tertiary/aromatic N) is 3. The smallest absolute Gasteiger partial charge is 0.159 e. The largest absolute Gasteiger partial charge is 0.454 e. The van der Waals surface area contributed by atoms with Crippen molar-refractivity contribution in [3.63, 3.8) is 0 Å². The number of fused-ring (bicyclic) bond motifs is 10. The van der Waals surface area contributed by atoms with Crippen molar-refractivity contribution in [1.29, 1.82) is 0 Å². The Balaban J connectivity index is 1.01. The second-order valence-electron chi connectivity index (χ2n) is 17.9. The first kappa shape index (κ1) is 40.6. The normalized spacial score (nSPS) is 11.8. The van der Waals surface area contributed by atoms with E-state index in [0.717, 1.165) is 99.2 Å². The van der Waals surface area contributed by atoms with Crippen LogP contribution in [0, 0.1) is 11.6 Å². The van der Waals surface area contributed by atoms with Gasteiger partial charge in [-0.1, -0.05) is 140 Å². The van der Waals surface area contributed by atoms with Crippen molar-refractivity contribution < 1.29 is 17.6 Å². The maximum atomic E-state index is 16.3. The van der Waals surface area contributed by atoms with E-state index >= 15 is 8.78 Å². The van der Waals surface area contributed by atoms with E-state index in [4.69, 9.17) is 8.83 Å². The zero-order valence-corrected chi connectivity index (χ0v) is 37.9. The van der Waals surface area contributed by atoms with Gasteiger partial charge in [0.15, 0.2) is 11.2 Å². The molecule has 0 atom stereocenters. The Kier molecular flexibility index (Phi) is 9.19. The first-order valence-corrected chi connectivity index (χ1v) is 23.6. The zero-order valence-electron chi connectivity index (χ0n) is 37.9. The van der Waals surface area contributed by atoms with Crippen LogP contribution in [0.5, 0.6) is 0 Å². The summed E-state index contributed by atoms with van der Waals surface area (Å²) in [5.41, 5.74) is 11.7. The molecule has 0 spiro atoms. The molecule has 336 valence electrons. The van der Waals surface area contributed by atoms with E-state index in [1.807, 2.05) is 107 Å². The van der Waals surface area contributed by atoms with Gasteiger partial charge >= 0.3 is 0 Å². The van der Waals surface area contributed by atoms with Gasteiger partial charge in [0.2, 0.25) is 0 Å². The molecule has 5 nitrogen and oxygen atoms in total. The molecule has 71 heavy (non-hydrogen) atoms. The number of benzene rings is 11. The number of hydrogen-bond acceptors (Lipinski definition) is 4. The maximum absolute atomic E-state index is 16.3. The minimum absolute atomic E-state index is 0.355. The molecule has 11 aromatic carbocycles. The Bertz CT molecular complexity index is 4400. The number of rotatable bonds is 8. The van der Waals surface area contributed by atoms with Crippen molar-refractivity contribution in [2.75, 3.05) is 9.80 Å². The average Bonchev–Trinajstić information content (AvgIpc) is 4.09. The first-order valence-electron chi connectivity index (χ1n) is 23.6. The summed E-state index contributed by atoms with van der Waals surface area (Å²) in [6.45, 7) is 0. The molecular formula is C64H39F2N3O2. The van der Waals surface area contributed by atoms with E-state index in [0.29, 0.717) is 28.2 Å². The van der Waals surface area contributed by atoms with Crippen molar-refractivity contribution in [3.05, 3.63) is 248 Å². The van der Waals surface area contributed by atoms with Gasteiger partial charge in [-0.3, -0.25) is 0 Å². The monoisotopic (exact) mass is 919 g/mol. The summed E-state index contributed by atoms with van der Waals surface area (Å²) >= 11 is 0. The Morgan fingerprint density at radius 2 is 0.817 bits per heavy atom. The fourth-order valence-electron chi connectivity index (χ4n) is 10.6. The Morgan fingerprint density at radius 3 is 1.44 bits per heavy atom. The summed E-state index contributed by atoms with van der Waals surface area (Å²) < 4.78 is 47.9. The zero-order chi connectivity index (χ0) is 47.2. The second-order valence-corrected chi connectivity index (χ2v) is 17.9. The fourth-order valence-corrected chi connectivity index (χ4v) is 10.6. The van der Waals surface area contributed by atoms with Gasteiger partial charge in [-0.15, -0.1) is 0 Å². The van der Waals surface area contributed by atoms with Gasteiger partial charge in [-0.2, -0.15) is 0 Å². The van der Waals surface area contributed by atoms with E-state index in [2.05, 4.69) is 114 Å². The summed E-state index contributed by atoms with van der Waals surface area (Å²) in [4.78, 5) is 3.91. The fraction of sp³-hybridized carbons (Fsp3) is 0. The van der Waals surface area contributed by atoms with Crippen LogP contribution in [-0.2, 0) is 0 Å². The third-order valence-electron chi connectivity index (χ3n) is 13.9. The molecule has 14 aromatic rings. The van der Waals surface area contributed by atoms with Crippen LogP contribution in [0.25, 0.3) is 93.3 Å². The highest BCUT2D eigenvalue weighted by Crippen LogP contribution is 2.47. The van der Waals surface area contributed by atoms with E-state index < -0.39 is 0 Å². The second kappa shape index (κ2) is 16.1. The minimum atomic E-state index is -0.360. The van der Waals surface area contributed by atoms with E-state index in [1.165, 1.54) is 12.1 Å². The highest BCUT2D eigenvalue weighted by molar-refractivity contribution is 6.16. The minimum Gasteiger partial charge on any atom is -0.454 e. The molecule has 0 saturated heterocycles. The van der Waals surface area contributed by atoms with Crippen LogP contribution in [0.2, 0.25) is 0 Å². The van der Waals surface area contributed by atoms with Crippen LogP contribution in [0.3, 0.4) is 0 Å². The van der Waals surface area contributed by atoms with Crippen LogP contribution in [-0.4, -0.2) is 4.57 Å². The van der Waals surface area contributed by atoms with Crippen LogP contribution in [0.4, 0.5) is 42.9 Å². The third-order valence-corrected chi connectivity index (χ3v) is 13.9. The number of aromatic nitrogens is 1. The van der Waals surface area contributed by atoms with E-state index in [-0.39, 0.29) is 11.6 Å². The lowest BCUT2D eigenvalue weighted by Gasteiger charge is -2.26. The average molecular weight is 920 g/mol. The van der Waals surface area contributed by atoms with Gasteiger partial charge in [0.25, 0.3) is 0 Å². The predicted octanol–water partition coefficient (Wildman–Crippen LogP) is 18.6. The van der Waals surface area contributed by atoms with Gasteiger partial charge in [0, 0.05) is 49.4 Å². The number of anilines is 6. The molecule has 0 radical (unpaired) electrons. The predicted molar refractivity (Wildman–Crippen MR) is 288 cm³/mol. The molecule has 3 heterocycles. The van der Waals surface area contributed by atoms with Crippen molar-refractivity contribution in [2.45, 2.75) is 0 Å². The van der Waals surface area contributed by atoms with Crippen molar-refractivity contribution in [3.8, 4) is 16.8 Å². The molecular weight excluding hydrogens is 881 g/mol. The van der Waals surface area contributed by atoms with E-state index in [9.17, 15) is 0 Å². The summed E-state index contributed by atoms with van der Waals surface area (Å²) in [6.07, 6.45) is 0. The molecule has 0 unspecified atom stereocenters. The van der Waals surface area contributed by atoms with Crippen LogP contribution >= 0.6 is 0 Å². The molecule has 0 fully saturated rings. The van der Waals surface area contributed by atoms with Crippen LogP contribution in [0.1, 0.15) is 0 Å². The van der Waals surface area contributed by atoms with Gasteiger partial charge in [-0.25, -0.2) is 8.78 Å². The number of furan rings is 2. The first-order chi connectivity index (χ1) is 35.0. The van der Waals surface area contributed by atoms with Crippen molar-refractivity contribution in [1.82, 2.24) is 4.57 Å². The van der Waals surface area contributed by atoms with Gasteiger partial charge in [0.1, 0.15) is 22.8 Å². The lowest BCUT2D eigenvalue weighted by Crippen LogP contribution is -2.12. The standard InChI is InChI=1S/C64H39F2N3O2/c65-53-20-6-8-22-55(53)68(57-24-12-18-50-48-16-4-10-26-61(48)70-63(50)57)45-33-30-42-37-52-47-35-34-46(39-60(47)67(59(52)38-43(42)36-45)44-31-28-41(29-32-44)40-14-2-1-3-15-40)69(56-23-9-7-21-54(56)66)58-25-13-19-51-49-17-5-11-27-62(49)71-64(51)58/h1-39H. The molecule has 3 aromatic heterocycles. The molecule has 0 N–H and O–H groups in total. The van der Waals surface area contributed by atoms with Crippen LogP contribution in [0.15, 0.2) is 245 Å². The number of para-hydroxylation sites is 6. The highest BCUT2D eigenvalue weighted by Gasteiger charge is 2.25. The van der Waals surface area contributed by atoms with Crippen LogP contribution < -0.4 is 9.80 Å². The van der Waals surface area contributed by atoms with Gasteiger partial charge in [0.05, 0.1) is 33.8 Å². The topological polar surface area (TPSA) is 37.7 Å². The summed E-state index contributed by atoms with van der Waals surface area (Å²) in [6, 6.07) is 77.9. The molecule has 0 bridgehead atoms. The molecule has 0 aliphatic rings. The number of hydrogen-bond donors (Lipinski definition) is 0. The number of halogens is 2. The van der Waals surface area contributed by atoms with Crippen molar-refractivity contribution in [2.24, 2.45) is 0 Å². The third kappa shape index (κ3) is 6.51. The maximum Gasteiger partial charge on any atom is 0.159 e. The quantitative estimate of drug-likeness (QED) is 0.152. The molecule has 0 amide bonds. The molecule has 7 heteroatoms. The summed E-state index contributed by atoms with van der Waals surface area (Å²) in [5, 5.41) is 7.94. The Hall–Kier alpha value is -9.46. The summed E-state index contributed by atoms with van der Waals surface area (Å²) in [7, 11) is 0.